The molecule has 1 heterocycles. The molecule has 5 heteroatoms. The third kappa shape index (κ3) is 3.93. The molecule has 0 radical (unpaired) electrons. The fourth-order valence-electron chi connectivity index (χ4n) is 0.985. The van der Waals surface area contributed by atoms with Crippen molar-refractivity contribution in [1.29, 1.82) is 0 Å². The standard InChI is InChI=1S/C10H15N3O2/c1-10(2,3)7-12-9-6-8(13(14)15)4-5-11-9/h4-6H,7H2,1-3H3,(H,11,12). The van der Waals surface area contributed by atoms with E-state index in [1.165, 1.54) is 18.3 Å². The van der Waals surface area contributed by atoms with E-state index < -0.39 is 4.92 Å². The van der Waals surface area contributed by atoms with E-state index in [1.807, 2.05) is 0 Å². The van der Waals surface area contributed by atoms with Gasteiger partial charge in [-0.05, 0) is 5.41 Å². The normalized spacial score (nSPS) is 11.1. The zero-order valence-electron chi connectivity index (χ0n) is 9.15. The molecule has 1 N–H and O–H groups in total. The van der Waals surface area contributed by atoms with E-state index in [9.17, 15) is 10.1 Å². The van der Waals surface area contributed by atoms with E-state index in [0.29, 0.717) is 5.82 Å². The van der Waals surface area contributed by atoms with Crippen molar-refractivity contribution in [3.63, 3.8) is 0 Å². The Morgan fingerprint density at radius 3 is 2.73 bits per heavy atom. The number of hydrogen-bond donors (Lipinski definition) is 1. The Balaban J connectivity index is 2.70. The summed E-state index contributed by atoms with van der Waals surface area (Å²) >= 11 is 0. The molecule has 1 aromatic rings. The van der Waals surface area contributed by atoms with Gasteiger partial charge in [-0.15, -0.1) is 0 Å². The zero-order valence-corrected chi connectivity index (χ0v) is 9.15. The van der Waals surface area contributed by atoms with Gasteiger partial charge < -0.3 is 5.32 Å². The molecule has 0 amide bonds. The maximum atomic E-state index is 10.5. The summed E-state index contributed by atoms with van der Waals surface area (Å²) in [7, 11) is 0. The summed E-state index contributed by atoms with van der Waals surface area (Å²) in [5, 5.41) is 13.6. The Morgan fingerprint density at radius 2 is 2.20 bits per heavy atom. The molecule has 5 nitrogen and oxygen atoms in total. The first kappa shape index (κ1) is 11.4. The lowest BCUT2D eigenvalue weighted by molar-refractivity contribution is -0.384. The Bertz CT molecular complexity index is 358. The van der Waals surface area contributed by atoms with Gasteiger partial charge in [0.1, 0.15) is 5.82 Å². The van der Waals surface area contributed by atoms with Gasteiger partial charge in [-0.2, -0.15) is 0 Å². The van der Waals surface area contributed by atoms with Crippen LogP contribution in [0.5, 0.6) is 0 Å². The molecule has 0 aliphatic carbocycles. The van der Waals surface area contributed by atoms with Crippen molar-refractivity contribution in [2.24, 2.45) is 5.41 Å². The van der Waals surface area contributed by atoms with Gasteiger partial charge in [0.05, 0.1) is 11.0 Å². The van der Waals surface area contributed by atoms with Gasteiger partial charge in [0, 0.05) is 18.8 Å². The van der Waals surface area contributed by atoms with Crippen LogP contribution in [0.15, 0.2) is 18.3 Å². The summed E-state index contributed by atoms with van der Waals surface area (Å²) in [4.78, 5) is 14.1. The van der Waals surface area contributed by atoms with Crippen LogP contribution in [0, 0.1) is 15.5 Å². The van der Waals surface area contributed by atoms with Gasteiger partial charge in [-0.3, -0.25) is 10.1 Å². The second-order valence-electron chi connectivity index (χ2n) is 4.57. The van der Waals surface area contributed by atoms with Gasteiger partial charge in [0.15, 0.2) is 0 Å². The minimum absolute atomic E-state index is 0.0569. The highest BCUT2D eigenvalue weighted by Crippen LogP contribution is 2.17. The highest BCUT2D eigenvalue weighted by molar-refractivity contribution is 5.44. The summed E-state index contributed by atoms with van der Waals surface area (Å²) in [6.45, 7) is 6.97. The quantitative estimate of drug-likeness (QED) is 0.613. The molecule has 0 bridgehead atoms. The van der Waals surface area contributed by atoms with Crippen LogP contribution < -0.4 is 5.32 Å². The average Bonchev–Trinajstić information content (AvgIpc) is 2.14. The van der Waals surface area contributed by atoms with E-state index in [0.717, 1.165) is 6.54 Å². The molecular weight excluding hydrogens is 194 g/mol. The van der Waals surface area contributed by atoms with Gasteiger partial charge in [0.2, 0.25) is 0 Å². The van der Waals surface area contributed by atoms with Crippen molar-refractivity contribution in [1.82, 2.24) is 4.98 Å². The summed E-state index contributed by atoms with van der Waals surface area (Å²) < 4.78 is 0. The smallest absolute Gasteiger partial charge is 0.274 e. The second-order valence-corrected chi connectivity index (χ2v) is 4.57. The third-order valence-corrected chi connectivity index (χ3v) is 1.75. The molecule has 0 aliphatic rings. The minimum Gasteiger partial charge on any atom is -0.369 e. The Hall–Kier alpha value is -1.65. The Labute approximate surface area is 88.7 Å². The first-order valence-corrected chi connectivity index (χ1v) is 4.73. The monoisotopic (exact) mass is 209 g/mol. The summed E-state index contributed by atoms with van der Waals surface area (Å²) in [5.74, 6) is 0.541. The van der Waals surface area contributed by atoms with E-state index >= 15 is 0 Å². The molecule has 0 saturated heterocycles. The Kier molecular flexibility index (Phi) is 3.24. The molecule has 0 unspecified atom stereocenters. The van der Waals surface area contributed by atoms with Crippen LogP contribution in [0.4, 0.5) is 11.5 Å². The van der Waals surface area contributed by atoms with Crippen LogP contribution in [-0.2, 0) is 0 Å². The molecule has 82 valence electrons. The predicted octanol–water partition coefficient (Wildman–Crippen LogP) is 2.45. The van der Waals surface area contributed by atoms with Crippen molar-refractivity contribution in [2.45, 2.75) is 20.8 Å². The fraction of sp³-hybridized carbons (Fsp3) is 0.500. The molecule has 0 aromatic carbocycles. The molecule has 1 aromatic heterocycles. The maximum Gasteiger partial charge on any atom is 0.274 e. The Morgan fingerprint density at radius 1 is 1.53 bits per heavy atom. The van der Waals surface area contributed by atoms with E-state index in [4.69, 9.17) is 0 Å². The van der Waals surface area contributed by atoms with E-state index in [-0.39, 0.29) is 11.1 Å². The van der Waals surface area contributed by atoms with E-state index in [1.54, 1.807) is 0 Å². The maximum absolute atomic E-state index is 10.5. The zero-order chi connectivity index (χ0) is 11.5. The van der Waals surface area contributed by atoms with Crippen LogP contribution in [0.2, 0.25) is 0 Å². The van der Waals surface area contributed by atoms with Crippen LogP contribution in [0.3, 0.4) is 0 Å². The summed E-state index contributed by atoms with van der Waals surface area (Å²) in [6, 6.07) is 2.81. The number of nitrogens with zero attached hydrogens (tertiary/aromatic N) is 2. The molecule has 0 fully saturated rings. The van der Waals surface area contributed by atoms with Crippen molar-refractivity contribution in [2.75, 3.05) is 11.9 Å². The average molecular weight is 209 g/mol. The number of nitrogens with one attached hydrogen (secondary N) is 1. The summed E-state index contributed by atoms with van der Waals surface area (Å²) in [5.41, 5.74) is 0.174. The topological polar surface area (TPSA) is 68.1 Å². The van der Waals surface area contributed by atoms with Gasteiger partial charge >= 0.3 is 0 Å². The lowest BCUT2D eigenvalue weighted by Gasteiger charge is -2.18. The number of hydrogen-bond acceptors (Lipinski definition) is 4. The van der Waals surface area contributed by atoms with Gasteiger partial charge in [-0.25, -0.2) is 4.98 Å². The molecular formula is C10H15N3O2. The van der Waals surface area contributed by atoms with Crippen LogP contribution in [0.1, 0.15) is 20.8 Å². The molecule has 0 spiro atoms. The number of anilines is 1. The number of pyridine rings is 1. The van der Waals surface area contributed by atoms with Crippen molar-refractivity contribution in [3.05, 3.63) is 28.4 Å². The van der Waals surface area contributed by atoms with Gasteiger partial charge in [0.25, 0.3) is 5.69 Å². The first-order valence-electron chi connectivity index (χ1n) is 4.73. The molecule has 0 aliphatic heterocycles. The molecule has 1 rings (SSSR count). The fourth-order valence-corrected chi connectivity index (χ4v) is 0.985. The van der Waals surface area contributed by atoms with Crippen LogP contribution >= 0.6 is 0 Å². The first-order chi connectivity index (χ1) is 6.88. The molecule has 15 heavy (non-hydrogen) atoms. The van der Waals surface area contributed by atoms with Crippen molar-refractivity contribution in [3.8, 4) is 0 Å². The SMILES string of the molecule is CC(C)(C)CNc1cc([N+](=O)[O-])ccn1. The van der Waals surface area contributed by atoms with Crippen molar-refractivity contribution < 1.29 is 4.92 Å². The largest absolute Gasteiger partial charge is 0.369 e. The van der Waals surface area contributed by atoms with Crippen molar-refractivity contribution >= 4 is 11.5 Å². The number of nitro groups is 1. The second kappa shape index (κ2) is 4.25. The predicted molar refractivity (Wildman–Crippen MR) is 58.8 cm³/mol. The minimum atomic E-state index is -0.427. The van der Waals surface area contributed by atoms with Crippen LogP contribution in [-0.4, -0.2) is 16.5 Å². The number of aromatic nitrogens is 1. The number of rotatable bonds is 3. The lowest BCUT2D eigenvalue weighted by atomic mass is 9.97. The highest BCUT2D eigenvalue weighted by atomic mass is 16.6. The van der Waals surface area contributed by atoms with Crippen LogP contribution in [0.25, 0.3) is 0 Å². The highest BCUT2D eigenvalue weighted by Gasteiger charge is 2.11. The summed E-state index contributed by atoms with van der Waals surface area (Å²) in [6.07, 6.45) is 1.43. The lowest BCUT2D eigenvalue weighted by Crippen LogP contribution is -2.19. The van der Waals surface area contributed by atoms with Gasteiger partial charge in [-0.1, -0.05) is 20.8 Å². The van der Waals surface area contributed by atoms with E-state index in [2.05, 4.69) is 31.1 Å². The molecule has 0 saturated carbocycles. The third-order valence-electron chi connectivity index (χ3n) is 1.75. The molecule has 0 atom stereocenters.